The largest absolute Gasteiger partial charge is 0.107 e. The van der Waals surface area contributed by atoms with Crippen molar-refractivity contribution in [3.63, 3.8) is 0 Å². The van der Waals surface area contributed by atoms with Crippen molar-refractivity contribution in [1.29, 1.82) is 0 Å². The van der Waals surface area contributed by atoms with E-state index >= 15 is 0 Å². The van der Waals surface area contributed by atoms with Crippen molar-refractivity contribution < 1.29 is 19.5 Å². The van der Waals surface area contributed by atoms with Crippen LogP contribution in [0.2, 0.25) is 0 Å². The molecule has 0 saturated carbocycles. The van der Waals surface area contributed by atoms with Crippen LogP contribution in [-0.4, -0.2) is 37.0 Å². The Kier molecular flexibility index (Phi) is 47.9. The van der Waals surface area contributed by atoms with Gasteiger partial charge in [-0.15, -0.1) is 15.8 Å². The van der Waals surface area contributed by atoms with Crippen LogP contribution in [0.1, 0.15) is 196 Å². The molecule has 0 nitrogen and oxygen atoms in total. The minimum atomic E-state index is 0. The molecule has 240 valence electrons. The predicted molar refractivity (Wildman–Crippen MR) is 188 cm³/mol. The zero-order valence-electron chi connectivity index (χ0n) is 28.5. The van der Waals surface area contributed by atoms with Gasteiger partial charge in [0, 0.05) is 19.5 Å². The SMILES string of the molecule is CCCCCCP(CCCCCC)CCCCCC.CCCCCCP(CCCCCC)CCCCCC.[Ru]. The molecule has 0 atom stereocenters. The van der Waals surface area contributed by atoms with E-state index in [1.807, 2.05) is 0 Å². The fraction of sp³-hybridized carbons (Fsp3) is 1.00. The van der Waals surface area contributed by atoms with E-state index in [4.69, 9.17) is 0 Å². The molecule has 0 aromatic heterocycles. The van der Waals surface area contributed by atoms with E-state index in [2.05, 4.69) is 41.5 Å². The van der Waals surface area contributed by atoms with Gasteiger partial charge in [0.15, 0.2) is 0 Å². The van der Waals surface area contributed by atoms with E-state index in [0.717, 1.165) is 0 Å². The van der Waals surface area contributed by atoms with Crippen LogP contribution < -0.4 is 0 Å². The van der Waals surface area contributed by atoms with Gasteiger partial charge in [0.05, 0.1) is 0 Å². The summed E-state index contributed by atoms with van der Waals surface area (Å²) < 4.78 is 0. The zero-order valence-corrected chi connectivity index (χ0v) is 32.0. The van der Waals surface area contributed by atoms with Gasteiger partial charge in [-0.1, -0.05) is 157 Å². The molecule has 39 heavy (non-hydrogen) atoms. The molecular weight excluding hydrogens is 595 g/mol. The Hall–Kier alpha value is 1.48. The summed E-state index contributed by atoms with van der Waals surface area (Å²) in [5.41, 5.74) is 0. The Bertz CT molecular complexity index is 297. The van der Waals surface area contributed by atoms with Crippen molar-refractivity contribution in [2.24, 2.45) is 0 Å². The number of hydrogen-bond acceptors (Lipinski definition) is 0. The molecule has 0 N–H and O–H groups in total. The molecule has 0 aromatic rings. The molecule has 0 aliphatic rings. The van der Waals surface area contributed by atoms with Crippen LogP contribution in [-0.2, 0) is 19.5 Å². The summed E-state index contributed by atoms with van der Waals surface area (Å²) in [5, 5.41) is 0. The average Bonchev–Trinajstić information content (AvgIpc) is 2.93. The summed E-state index contributed by atoms with van der Waals surface area (Å²) in [6.45, 7) is 13.9. The normalized spacial score (nSPS) is 11.1. The van der Waals surface area contributed by atoms with Gasteiger partial charge in [0.2, 0.25) is 0 Å². The molecule has 0 bridgehead atoms. The van der Waals surface area contributed by atoms with Crippen LogP contribution in [0.15, 0.2) is 0 Å². The maximum Gasteiger partial charge on any atom is 0 e. The summed E-state index contributed by atoms with van der Waals surface area (Å²) >= 11 is 0. The first-order valence-electron chi connectivity index (χ1n) is 18.1. The third kappa shape index (κ3) is 39.5. The molecule has 0 spiro atoms. The van der Waals surface area contributed by atoms with Crippen molar-refractivity contribution in [2.45, 2.75) is 196 Å². The van der Waals surface area contributed by atoms with Crippen LogP contribution in [0, 0.1) is 0 Å². The van der Waals surface area contributed by atoms with E-state index < -0.39 is 0 Å². The van der Waals surface area contributed by atoms with Gasteiger partial charge in [0.1, 0.15) is 0 Å². The predicted octanol–water partition coefficient (Wildman–Crippen LogP) is 14.4. The van der Waals surface area contributed by atoms with Crippen LogP contribution in [0.5, 0.6) is 0 Å². The first-order valence-corrected chi connectivity index (χ1v) is 21.9. The molecular formula is C36H78P2Ru. The van der Waals surface area contributed by atoms with E-state index in [0.29, 0.717) is 15.8 Å². The maximum absolute atomic E-state index is 2.32. The molecule has 0 aliphatic heterocycles. The van der Waals surface area contributed by atoms with E-state index in [1.165, 1.54) is 154 Å². The standard InChI is InChI=1S/2C18H39P.Ru/c2*1-4-7-10-13-16-19(17-14-11-8-5-2)18-15-12-9-6-3;/h2*4-18H2,1-3H3;. The van der Waals surface area contributed by atoms with Crippen molar-refractivity contribution in [3.8, 4) is 0 Å². The van der Waals surface area contributed by atoms with Gasteiger partial charge in [-0.2, -0.15) is 0 Å². The maximum atomic E-state index is 2.32. The van der Waals surface area contributed by atoms with Gasteiger partial charge < -0.3 is 0 Å². The van der Waals surface area contributed by atoms with Crippen LogP contribution in [0.3, 0.4) is 0 Å². The van der Waals surface area contributed by atoms with Gasteiger partial charge >= 0.3 is 0 Å². The Morgan fingerprint density at radius 3 is 0.513 bits per heavy atom. The molecule has 0 fully saturated rings. The van der Waals surface area contributed by atoms with Crippen LogP contribution in [0.25, 0.3) is 0 Å². The molecule has 0 aliphatic carbocycles. The molecule has 0 heterocycles. The summed E-state index contributed by atoms with van der Waals surface area (Å²) in [5.74, 6) is 0. The van der Waals surface area contributed by atoms with Gasteiger partial charge in [-0.3, -0.25) is 0 Å². The Morgan fingerprint density at radius 1 is 0.231 bits per heavy atom. The summed E-state index contributed by atoms with van der Waals surface area (Å²) in [6, 6.07) is 0. The monoisotopic (exact) mass is 674 g/mol. The quantitative estimate of drug-likeness (QED) is 0.0404. The topological polar surface area (TPSA) is 0 Å². The second kappa shape index (κ2) is 41.6. The molecule has 0 radical (unpaired) electrons. The molecule has 3 heteroatoms. The number of rotatable bonds is 30. The van der Waals surface area contributed by atoms with Crippen molar-refractivity contribution in [2.75, 3.05) is 37.0 Å². The fourth-order valence-corrected chi connectivity index (χ4v) is 10.6. The molecule has 0 rings (SSSR count). The molecule has 0 aromatic carbocycles. The van der Waals surface area contributed by atoms with Crippen molar-refractivity contribution in [1.82, 2.24) is 0 Å². The Morgan fingerprint density at radius 2 is 0.385 bits per heavy atom. The summed E-state index contributed by atoms with van der Waals surface area (Å²) in [4.78, 5) is 0. The van der Waals surface area contributed by atoms with E-state index in [-0.39, 0.29) is 19.5 Å². The van der Waals surface area contributed by atoms with Crippen molar-refractivity contribution >= 4 is 15.8 Å². The molecule has 0 amide bonds. The van der Waals surface area contributed by atoms with Crippen LogP contribution >= 0.6 is 15.8 Å². The first kappa shape index (κ1) is 44.9. The Labute approximate surface area is 266 Å². The Balaban J connectivity index is -0.000000648. The second-order valence-electron chi connectivity index (χ2n) is 12.0. The zero-order chi connectivity index (χ0) is 28.4. The summed E-state index contributed by atoms with van der Waals surface area (Å²) in [6.07, 6.45) is 44.5. The minimum Gasteiger partial charge on any atom is -0.107 e. The van der Waals surface area contributed by atoms with E-state index in [9.17, 15) is 0 Å². The third-order valence-corrected chi connectivity index (χ3v) is 13.7. The molecule has 0 saturated heterocycles. The molecule has 0 unspecified atom stereocenters. The average molecular weight is 674 g/mol. The first-order chi connectivity index (χ1) is 18.7. The fourth-order valence-electron chi connectivity index (χ4n) is 5.24. The van der Waals surface area contributed by atoms with E-state index in [1.54, 1.807) is 37.0 Å². The second-order valence-corrected chi connectivity index (χ2v) is 17.4. The minimum absolute atomic E-state index is 0. The van der Waals surface area contributed by atoms with Gasteiger partial charge in [-0.25, -0.2) is 0 Å². The summed E-state index contributed by atoms with van der Waals surface area (Å²) in [7, 11) is 0.779. The van der Waals surface area contributed by atoms with Crippen molar-refractivity contribution in [3.05, 3.63) is 0 Å². The van der Waals surface area contributed by atoms with Gasteiger partial charge in [0.25, 0.3) is 0 Å². The smallest absolute Gasteiger partial charge is 0 e. The number of unbranched alkanes of at least 4 members (excludes halogenated alkanes) is 18. The number of hydrogen-bond donors (Lipinski definition) is 0. The van der Waals surface area contributed by atoms with Gasteiger partial charge in [-0.05, 0) is 75.5 Å². The third-order valence-electron chi connectivity index (χ3n) is 7.97. The van der Waals surface area contributed by atoms with Crippen LogP contribution in [0.4, 0.5) is 0 Å².